The summed E-state index contributed by atoms with van der Waals surface area (Å²) in [6, 6.07) is 8.98. The lowest BCUT2D eigenvalue weighted by Gasteiger charge is -2.36. The van der Waals surface area contributed by atoms with Crippen LogP contribution in [0.2, 0.25) is 0 Å². The maximum absolute atomic E-state index is 14.0. The van der Waals surface area contributed by atoms with Gasteiger partial charge in [-0.25, -0.2) is 9.37 Å². The van der Waals surface area contributed by atoms with Gasteiger partial charge in [-0.1, -0.05) is 18.2 Å². The fourth-order valence-corrected chi connectivity index (χ4v) is 3.83. The maximum Gasteiger partial charge on any atom is 0.227 e. The highest BCUT2D eigenvalue weighted by molar-refractivity contribution is 5.90. The zero-order chi connectivity index (χ0) is 19.0. The van der Waals surface area contributed by atoms with E-state index in [1.807, 2.05) is 24.0 Å². The molecular weight excluding hydrogens is 343 g/mol. The van der Waals surface area contributed by atoms with Crippen molar-refractivity contribution < 1.29 is 9.18 Å². The topological polar surface area (TPSA) is 52.2 Å². The fraction of sp³-hybridized carbons (Fsp3) is 0.333. The molecule has 140 valence electrons. The molecule has 0 aliphatic carbocycles. The van der Waals surface area contributed by atoms with Crippen molar-refractivity contribution in [1.82, 2.24) is 14.9 Å². The number of aryl methyl sites for hydroxylation is 2. The minimum absolute atomic E-state index is 0.0839. The minimum Gasteiger partial charge on any atom is -0.356 e. The molecule has 1 fully saturated rings. The van der Waals surface area contributed by atoms with E-state index in [9.17, 15) is 9.18 Å². The van der Waals surface area contributed by atoms with E-state index in [0.29, 0.717) is 18.6 Å². The second kappa shape index (κ2) is 7.02. The summed E-state index contributed by atoms with van der Waals surface area (Å²) < 4.78 is 14.0. The first-order valence-electron chi connectivity index (χ1n) is 9.24. The number of amides is 1. The van der Waals surface area contributed by atoms with Gasteiger partial charge in [-0.05, 0) is 37.1 Å². The van der Waals surface area contributed by atoms with Gasteiger partial charge in [0.1, 0.15) is 11.6 Å². The van der Waals surface area contributed by atoms with Gasteiger partial charge in [0.15, 0.2) is 0 Å². The number of carbonyl (C=O) groups excluding carboxylic acids is 1. The number of aromatic amines is 1. The Morgan fingerprint density at radius 2 is 1.93 bits per heavy atom. The normalized spacial score (nSPS) is 14.8. The van der Waals surface area contributed by atoms with E-state index in [2.05, 4.69) is 27.9 Å². The van der Waals surface area contributed by atoms with Crippen molar-refractivity contribution in [3.05, 3.63) is 59.2 Å². The molecule has 1 aliphatic rings. The highest BCUT2D eigenvalue weighted by Gasteiger charge is 2.24. The number of aromatic nitrogens is 2. The van der Waals surface area contributed by atoms with Gasteiger partial charge in [-0.15, -0.1) is 0 Å². The predicted molar refractivity (Wildman–Crippen MR) is 104 cm³/mol. The maximum atomic E-state index is 14.0. The Kier molecular flexibility index (Phi) is 4.56. The van der Waals surface area contributed by atoms with Gasteiger partial charge < -0.3 is 14.8 Å². The standard InChI is InChI=1S/C21H23FN4O/c1-14-5-4-8-23-21(14)26-11-9-25(10-12-26)19(27)13-17-15(2)24-20-16(17)6-3-7-18(20)22/h3-8,24H,9-13H2,1-2H3. The highest BCUT2D eigenvalue weighted by Crippen LogP contribution is 2.25. The average molecular weight is 366 g/mol. The van der Waals surface area contributed by atoms with Gasteiger partial charge in [0.05, 0.1) is 11.9 Å². The number of anilines is 1. The molecule has 0 spiro atoms. The molecule has 2 aromatic heterocycles. The van der Waals surface area contributed by atoms with Gasteiger partial charge >= 0.3 is 0 Å². The smallest absolute Gasteiger partial charge is 0.227 e. The summed E-state index contributed by atoms with van der Waals surface area (Å²) in [5.74, 6) is 0.793. The van der Waals surface area contributed by atoms with Gasteiger partial charge in [-0.3, -0.25) is 4.79 Å². The molecule has 0 atom stereocenters. The first kappa shape index (κ1) is 17.5. The first-order valence-corrected chi connectivity index (χ1v) is 9.24. The van der Waals surface area contributed by atoms with Crippen LogP contribution in [0.1, 0.15) is 16.8 Å². The highest BCUT2D eigenvalue weighted by atomic mass is 19.1. The molecule has 1 aromatic carbocycles. The lowest BCUT2D eigenvalue weighted by atomic mass is 10.1. The van der Waals surface area contributed by atoms with E-state index in [1.165, 1.54) is 6.07 Å². The first-order chi connectivity index (χ1) is 13.0. The van der Waals surface area contributed by atoms with E-state index >= 15 is 0 Å². The molecule has 1 N–H and O–H groups in total. The number of halogens is 1. The molecule has 5 nitrogen and oxygen atoms in total. The average Bonchev–Trinajstić information content (AvgIpc) is 2.99. The van der Waals surface area contributed by atoms with E-state index in [0.717, 1.165) is 41.1 Å². The van der Waals surface area contributed by atoms with Crippen LogP contribution < -0.4 is 4.90 Å². The van der Waals surface area contributed by atoms with Crippen LogP contribution in [0.4, 0.5) is 10.2 Å². The molecule has 3 heterocycles. The van der Waals surface area contributed by atoms with Crippen molar-refractivity contribution in [2.75, 3.05) is 31.1 Å². The molecule has 0 bridgehead atoms. The van der Waals surface area contributed by atoms with Crippen molar-refractivity contribution in [3.8, 4) is 0 Å². The van der Waals surface area contributed by atoms with E-state index in [4.69, 9.17) is 0 Å². The molecule has 0 unspecified atom stereocenters. The molecule has 4 rings (SSSR count). The summed E-state index contributed by atoms with van der Waals surface area (Å²) >= 11 is 0. The number of benzene rings is 1. The molecule has 1 saturated heterocycles. The largest absolute Gasteiger partial charge is 0.356 e. The summed E-state index contributed by atoms with van der Waals surface area (Å²) in [6.45, 7) is 6.83. The van der Waals surface area contributed by atoms with Gasteiger partial charge in [0, 0.05) is 43.5 Å². The number of pyridine rings is 1. The van der Waals surface area contributed by atoms with Gasteiger partial charge in [0.25, 0.3) is 0 Å². The van der Waals surface area contributed by atoms with Crippen LogP contribution in [-0.2, 0) is 11.2 Å². The van der Waals surface area contributed by atoms with Crippen molar-refractivity contribution in [2.45, 2.75) is 20.3 Å². The zero-order valence-electron chi connectivity index (χ0n) is 15.6. The number of rotatable bonds is 3. The Morgan fingerprint density at radius 3 is 2.67 bits per heavy atom. The number of nitrogens with one attached hydrogen (secondary N) is 1. The number of hydrogen-bond acceptors (Lipinski definition) is 3. The molecule has 27 heavy (non-hydrogen) atoms. The second-order valence-corrected chi connectivity index (χ2v) is 7.08. The number of piperazine rings is 1. The lowest BCUT2D eigenvalue weighted by Crippen LogP contribution is -2.49. The van der Waals surface area contributed by atoms with Crippen LogP contribution in [0.25, 0.3) is 10.9 Å². The van der Waals surface area contributed by atoms with Gasteiger partial charge in [0.2, 0.25) is 5.91 Å². The summed E-state index contributed by atoms with van der Waals surface area (Å²) in [7, 11) is 0. The molecule has 1 amide bonds. The summed E-state index contributed by atoms with van der Waals surface area (Å²) in [5, 5.41) is 0.795. The lowest BCUT2D eigenvalue weighted by molar-refractivity contribution is -0.130. The van der Waals surface area contributed by atoms with Crippen molar-refractivity contribution >= 4 is 22.6 Å². The second-order valence-electron chi connectivity index (χ2n) is 7.08. The number of H-pyrrole nitrogens is 1. The summed E-state index contributed by atoms with van der Waals surface area (Å²) in [4.78, 5) is 24.5. The number of hydrogen-bond donors (Lipinski definition) is 1. The Hall–Kier alpha value is -2.89. The van der Waals surface area contributed by atoms with Crippen LogP contribution in [-0.4, -0.2) is 47.0 Å². The molecule has 6 heteroatoms. The summed E-state index contributed by atoms with van der Waals surface area (Å²) in [5.41, 5.74) is 3.37. The molecular formula is C21H23FN4O. The van der Waals surface area contributed by atoms with Crippen molar-refractivity contribution in [2.24, 2.45) is 0 Å². The Balaban J connectivity index is 1.46. The number of fused-ring (bicyclic) bond motifs is 1. The summed E-state index contributed by atoms with van der Waals surface area (Å²) in [6.07, 6.45) is 2.09. The van der Waals surface area contributed by atoms with Crippen LogP contribution in [0.3, 0.4) is 0 Å². The quantitative estimate of drug-likeness (QED) is 0.774. The molecule has 1 aliphatic heterocycles. The Labute approximate surface area is 157 Å². The monoisotopic (exact) mass is 366 g/mol. The third kappa shape index (κ3) is 3.27. The zero-order valence-corrected chi connectivity index (χ0v) is 15.6. The van der Waals surface area contributed by atoms with Crippen molar-refractivity contribution in [3.63, 3.8) is 0 Å². The molecule has 3 aromatic rings. The fourth-order valence-electron chi connectivity index (χ4n) is 3.83. The number of carbonyl (C=O) groups is 1. The molecule has 0 saturated carbocycles. The van der Waals surface area contributed by atoms with Crippen LogP contribution in [0.15, 0.2) is 36.5 Å². The number of para-hydroxylation sites is 1. The molecule has 0 radical (unpaired) electrons. The predicted octanol–water partition coefficient (Wildman–Crippen LogP) is 3.21. The van der Waals surface area contributed by atoms with Crippen LogP contribution in [0, 0.1) is 19.7 Å². The minimum atomic E-state index is -0.284. The van der Waals surface area contributed by atoms with Crippen LogP contribution in [0.5, 0.6) is 0 Å². The van der Waals surface area contributed by atoms with E-state index in [1.54, 1.807) is 12.3 Å². The van der Waals surface area contributed by atoms with E-state index < -0.39 is 0 Å². The van der Waals surface area contributed by atoms with E-state index in [-0.39, 0.29) is 18.1 Å². The van der Waals surface area contributed by atoms with Gasteiger partial charge in [-0.2, -0.15) is 0 Å². The van der Waals surface area contributed by atoms with Crippen LogP contribution >= 0.6 is 0 Å². The Morgan fingerprint density at radius 1 is 1.15 bits per heavy atom. The SMILES string of the molecule is Cc1cccnc1N1CCN(C(=O)Cc2c(C)[nH]c3c(F)cccc23)CC1. The Bertz CT molecular complexity index is 989. The number of nitrogens with zero attached hydrogens (tertiary/aromatic N) is 3. The third-order valence-electron chi connectivity index (χ3n) is 5.35. The third-order valence-corrected chi connectivity index (χ3v) is 5.35. The van der Waals surface area contributed by atoms with Crippen molar-refractivity contribution in [1.29, 1.82) is 0 Å².